The number of rotatable bonds is 3. The molecular weight excluding hydrogens is 228 g/mol. The highest BCUT2D eigenvalue weighted by molar-refractivity contribution is 5.67. The fourth-order valence-corrected chi connectivity index (χ4v) is 1.26. The Kier molecular flexibility index (Phi) is 6.37. The second kappa shape index (κ2) is 6.99. The summed E-state index contributed by atoms with van der Waals surface area (Å²) >= 11 is 0. The first-order valence-corrected chi connectivity index (χ1v) is 5.81. The molecule has 1 heterocycles. The number of carbonyl (C=O) groups is 1. The van der Waals surface area contributed by atoms with Gasteiger partial charge in [0.15, 0.2) is 0 Å². The highest BCUT2D eigenvalue weighted by atomic mass is 16.6. The lowest BCUT2D eigenvalue weighted by Gasteiger charge is -2.19. The largest absolute Gasteiger partial charge is 0.444 e. The van der Waals surface area contributed by atoms with Gasteiger partial charge in [-0.15, -0.1) is 0 Å². The molecule has 18 heavy (non-hydrogen) atoms. The van der Waals surface area contributed by atoms with Crippen LogP contribution in [0.5, 0.6) is 0 Å². The van der Waals surface area contributed by atoms with Crippen molar-refractivity contribution in [1.82, 2.24) is 10.3 Å². The predicted molar refractivity (Wildman–Crippen MR) is 73.4 cm³/mol. The summed E-state index contributed by atoms with van der Waals surface area (Å²) in [6.07, 6.45) is 2.28. The molecule has 1 amide bonds. The van der Waals surface area contributed by atoms with Crippen LogP contribution < -0.4 is 5.32 Å². The summed E-state index contributed by atoms with van der Waals surface area (Å²) in [5.41, 5.74) is 1.55. The van der Waals surface area contributed by atoms with Crippen molar-refractivity contribution < 1.29 is 9.53 Å². The van der Waals surface area contributed by atoms with Crippen molar-refractivity contribution in [1.29, 1.82) is 0 Å². The Labute approximate surface area is 110 Å². The number of nitrogens with zero attached hydrogens (tertiary/aromatic N) is 1. The molecule has 102 valence electrons. The van der Waals surface area contributed by atoms with Crippen LogP contribution in [0.1, 0.15) is 46.4 Å². The predicted octanol–water partition coefficient (Wildman–Crippen LogP) is 3.30. The smallest absolute Gasteiger partial charge is 0.407 e. The van der Waals surface area contributed by atoms with Crippen molar-refractivity contribution in [2.45, 2.75) is 53.7 Å². The Morgan fingerprint density at radius 3 is 2.50 bits per heavy atom. The number of aromatic nitrogens is 1. The molecule has 4 nitrogen and oxygen atoms in total. The van der Waals surface area contributed by atoms with Crippen LogP contribution in [0.25, 0.3) is 0 Å². The van der Waals surface area contributed by atoms with Gasteiger partial charge in [0.2, 0.25) is 0 Å². The van der Waals surface area contributed by atoms with E-state index < -0.39 is 11.7 Å². The van der Waals surface area contributed by atoms with Gasteiger partial charge < -0.3 is 10.1 Å². The molecule has 1 aromatic rings. The van der Waals surface area contributed by atoms with E-state index in [4.69, 9.17) is 4.74 Å². The monoisotopic (exact) mass is 252 g/mol. The van der Waals surface area contributed by atoms with Crippen LogP contribution >= 0.6 is 0 Å². The van der Waals surface area contributed by atoms with Crippen molar-refractivity contribution in [2.24, 2.45) is 0 Å². The molecule has 1 aromatic heterocycles. The fraction of sp³-hybridized carbons (Fsp3) is 0.571. The number of hydrogen-bond donors (Lipinski definition) is 1. The van der Waals surface area contributed by atoms with Crippen molar-refractivity contribution in [2.75, 3.05) is 0 Å². The topological polar surface area (TPSA) is 51.2 Å². The van der Waals surface area contributed by atoms with Gasteiger partial charge in [-0.25, -0.2) is 4.79 Å². The standard InChI is InChI=1S/C13H20N2O2.CH4/c1-5-11-7-6-10(8-14-11)9-15-12(16)17-13(2,3)4;/h6-8H,5,9H2,1-4H3,(H,15,16);1H4. The number of amides is 1. The van der Waals surface area contributed by atoms with E-state index in [0.29, 0.717) is 6.54 Å². The fourth-order valence-electron chi connectivity index (χ4n) is 1.26. The van der Waals surface area contributed by atoms with Crippen LogP contribution in [0, 0.1) is 0 Å². The number of carbonyl (C=O) groups excluding carboxylic acids is 1. The zero-order chi connectivity index (χ0) is 12.9. The zero-order valence-corrected chi connectivity index (χ0v) is 10.9. The van der Waals surface area contributed by atoms with Gasteiger partial charge in [0.1, 0.15) is 5.60 Å². The lowest BCUT2D eigenvalue weighted by molar-refractivity contribution is 0.0523. The molecule has 0 radical (unpaired) electrons. The van der Waals surface area contributed by atoms with Gasteiger partial charge >= 0.3 is 6.09 Å². The molecule has 0 aliphatic rings. The van der Waals surface area contributed by atoms with Gasteiger partial charge in [-0.3, -0.25) is 4.98 Å². The maximum atomic E-state index is 11.4. The van der Waals surface area contributed by atoms with E-state index in [0.717, 1.165) is 17.7 Å². The van der Waals surface area contributed by atoms with E-state index in [1.807, 2.05) is 32.9 Å². The third kappa shape index (κ3) is 6.23. The molecule has 0 saturated heterocycles. The Morgan fingerprint density at radius 1 is 1.39 bits per heavy atom. The minimum absolute atomic E-state index is 0. The minimum atomic E-state index is -0.464. The maximum absolute atomic E-state index is 11.4. The summed E-state index contributed by atoms with van der Waals surface area (Å²) in [5.74, 6) is 0. The molecule has 0 bridgehead atoms. The average Bonchev–Trinajstić information content (AvgIpc) is 2.25. The minimum Gasteiger partial charge on any atom is -0.444 e. The van der Waals surface area contributed by atoms with Crippen molar-refractivity contribution in [3.63, 3.8) is 0 Å². The van der Waals surface area contributed by atoms with Crippen molar-refractivity contribution in [3.05, 3.63) is 29.6 Å². The summed E-state index contributed by atoms with van der Waals surface area (Å²) in [7, 11) is 0. The summed E-state index contributed by atoms with van der Waals surface area (Å²) in [6.45, 7) is 8.01. The zero-order valence-electron chi connectivity index (χ0n) is 10.9. The summed E-state index contributed by atoms with van der Waals surface area (Å²) in [4.78, 5) is 15.7. The number of hydrogen-bond acceptors (Lipinski definition) is 3. The Morgan fingerprint density at radius 2 is 2.06 bits per heavy atom. The van der Waals surface area contributed by atoms with Crippen LogP contribution in [-0.4, -0.2) is 16.7 Å². The van der Waals surface area contributed by atoms with Crippen molar-refractivity contribution >= 4 is 6.09 Å². The second-order valence-corrected chi connectivity index (χ2v) is 4.87. The van der Waals surface area contributed by atoms with E-state index in [1.54, 1.807) is 6.20 Å². The van der Waals surface area contributed by atoms with E-state index in [2.05, 4.69) is 17.2 Å². The lowest BCUT2D eigenvalue weighted by Crippen LogP contribution is -2.32. The summed E-state index contributed by atoms with van der Waals surface area (Å²) in [5, 5.41) is 2.69. The Balaban J connectivity index is 0.00000289. The molecule has 1 rings (SSSR count). The molecule has 0 aliphatic heterocycles. The first-order chi connectivity index (χ1) is 7.90. The van der Waals surface area contributed by atoms with Gasteiger partial charge in [-0.05, 0) is 38.8 Å². The number of alkyl carbamates (subject to hydrolysis) is 1. The van der Waals surface area contributed by atoms with E-state index >= 15 is 0 Å². The third-order valence-electron chi connectivity index (χ3n) is 2.08. The average molecular weight is 252 g/mol. The number of aryl methyl sites for hydroxylation is 1. The van der Waals surface area contributed by atoms with Crippen molar-refractivity contribution in [3.8, 4) is 0 Å². The Bertz CT molecular complexity index is 366. The molecule has 4 heteroatoms. The number of pyridine rings is 1. The molecular formula is C14H24N2O2. The van der Waals surface area contributed by atoms with Crippen LogP contribution in [0.2, 0.25) is 0 Å². The highest BCUT2D eigenvalue weighted by Crippen LogP contribution is 2.07. The molecule has 0 aliphatic carbocycles. The number of ether oxygens (including phenoxy) is 1. The van der Waals surface area contributed by atoms with E-state index in [9.17, 15) is 4.79 Å². The normalized spacial score (nSPS) is 10.4. The third-order valence-corrected chi connectivity index (χ3v) is 2.08. The highest BCUT2D eigenvalue weighted by Gasteiger charge is 2.15. The van der Waals surface area contributed by atoms with Crippen LogP contribution in [-0.2, 0) is 17.7 Å². The molecule has 0 fully saturated rings. The first-order valence-electron chi connectivity index (χ1n) is 5.81. The molecule has 0 saturated carbocycles. The van der Waals surface area contributed by atoms with Crippen LogP contribution in [0.3, 0.4) is 0 Å². The van der Waals surface area contributed by atoms with Gasteiger partial charge in [-0.2, -0.15) is 0 Å². The summed E-state index contributed by atoms with van der Waals surface area (Å²) in [6, 6.07) is 3.93. The quantitative estimate of drug-likeness (QED) is 0.898. The maximum Gasteiger partial charge on any atom is 0.407 e. The van der Waals surface area contributed by atoms with E-state index in [1.165, 1.54) is 0 Å². The molecule has 0 atom stereocenters. The molecule has 1 N–H and O–H groups in total. The SMILES string of the molecule is C.CCc1ccc(CNC(=O)OC(C)(C)C)cn1. The number of nitrogens with one attached hydrogen (secondary N) is 1. The van der Waals surface area contributed by atoms with Gasteiger partial charge in [0.05, 0.1) is 0 Å². The van der Waals surface area contributed by atoms with Gasteiger partial charge in [0, 0.05) is 18.4 Å². The second-order valence-electron chi connectivity index (χ2n) is 4.87. The molecule has 0 unspecified atom stereocenters. The summed E-state index contributed by atoms with van der Waals surface area (Å²) < 4.78 is 5.13. The van der Waals surface area contributed by atoms with Crippen LogP contribution in [0.15, 0.2) is 18.3 Å². The Hall–Kier alpha value is -1.58. The van der Waals surface area contributed by atoms with Gasteiger partial charge in [-0.1, -0.05) is 20.4 Å². The van der Waals surface area contributed by atoms with Gasteiger partial charge in [0.25, 0.3) is 0 Å². The van der Waals surface area contributed by atoms with Crippen LogP contribution in [0.4, 0.5) is 4.79 Å². The van der Waals surface area contributed by atoms with E-state index in [-0.39, 0.29) is 7.43 Å². The lowest BCUT2D eigenvalue weighted by atomic mass is 10.2. The first kappa shape index (κ1) is 16.4. The molecule has 0 aromatic carbocycles. The molecule has 0 spiro atoms.